The number of para-hydroxylation sites is 4. The van der Waals surface area contributed by atoms with Gasteiger partial charge in [-0.1, -0.05) is 159 Å². The first kappa shape index (κ1) is 33.6. The molecule has 59 heavy (non-hydrogen) atoms. The maximum atomic E-state index is 5.27. The number of aromatic nitrogens is 4. The van der Waals surface area contributed by atoms with Gasteiger partial charge < -0.3 is 0 Å². The minimum Gasteiger partial charge on any atom is -0.292 e. The molecule has 0 saturated heterocycles. The molecule has 0 spiro atoms. The Morgan fingerprint density at radius 2 is 0.864 bits per heavy atom. The number of imidazole rings is 2. The van der Waals surface area contributed by atoms with E-state index in [0.29, 0.717) is 0 Å². The minimum absolute atomic E-state index is 0.0851. The standard InChI is InChI=1S/C55H38N4/c1-55(2)44-24-10-9-21-38(44)41-33-37(31-32-45(41)55)52-39-22-15-29-48(58-50-27-13-11-25-46(50)56-53(58)35-17-5-3-6-18-35)42(39)34-43-40(52)23-16-30-49(43)59-51-28-14-12-26-47(51)57-54(59)36-19-7-4-8-20-36/h3-34H,1-2H3. The predicted octanol–water partition coefficient (Wildman–Crippen LogP) is 14.0. The van der Waals surface area contributed by atoms with Crippen LogP contribution < -0.4 is 0 Å². The largest absolute Gasteiger partial charge is 0.292 e. The van der Waals surface area contributed by atoms with Crippen LogP contribution in [0.3, 0.4) is 0 Å². The van der Waals surface area contributed by atoms with Crippen LogP contribution in [-0.2, 0) is 5.41 Å². The molecule has 0 amide bonds. The molecule has 0 aliphatic heterocycles. The molecule has 278 valence electrons. The third kappa shape index (κ3) is 4.96. The summed E-state index contributed by atoms with van der Waals surface area (Å²) in [5.41, 5.74) is 16.0. The summed E-state index contributed by atoms with van der Waals surface area (Å²) in [6.45, 7) is 4.70. The number of hydrogen-bond donors (Lipinski definition) is 0. The third-order valence-corrected chi connectivity index (χ3v) is 12.5. The van der Waals surface area contributed by atoms with E-state index >= 15 is 0 Å². The molecule has 0 atom stereocenters. The number of rotatable bonds is 5. The summed E-state index contributed by atoms with van der Waals surface area (Å²) in [7, 11) is 0. The van der Waals surface area contributed by atoms with Gasteiger partial charge in [0.1, 0.15) is 11.6 Å². The zero-order chi connectivity index (χ0) is 39.2. The van der Waals surface area contributed by atoms with Gasteiger partial charge in [-0.3, -0.25) is 9.13 Å². The van der Waals surface area contributed by atoms with Crippen molar-refractivity contribution in [3.05, 3.63) is 205 Å². The summed E-state index contributed by atoms with van der Waals surface area (Å²) in [4.78, 5) is 10.5. The molecule has 2 aromatic heterocycles. The second kappa shape index (κ2) is 12.7. The fourth-order valence-corrected chi connectivity index (χ4v) is 9.81. The van der Waals surface area contributed by atoms with Crippen molar-refractivity contribution in [3.63, 3.8) is 0 Å². The molecule has 0 radical (unpaired) electrons. The minimum atomic E-state index is -0.0851. The van der Waals surface area contributed by atoms with E-state index in [2.05, 4.69) is 217 Å². The highest BCUT2D eigenvalue weighted by molar-refractivity contribution is 6.17. The molecule has 1 aliphatic carbocycles. The normalized spacial score (nSPS) is 13.1. The van der Waals surface area contributed by atoms with Crippen molar-refractivity contribution < 1.29 is 0 Å². The lowest BCUT2D eigenvalue weighted by atomic mass is 9.82. The van der Waals surface area contributed by atoms with E-state index in [9.17, 15) is 0 Å². The highest BCUT2D eigenvalue weighted by Crippen LogP contribution is 2.51. The first-order valence-electron chi connectivity index (χ1n) is 20.3. The molecule has 0 N–H and O–H groups in total. The van der Waals surface area contributed by atoms with Gasteiger partial charge in [-0.05, 0) is 92.7 Å². The van der Waals surface area contributed by atoms with Gasteiger partial charge in [0.15, 0.2) is 0 Å². The second-order valence-corrected chi connectivity index (χ2v) is 16.2. The monoisotopic (exact) mass is 754 g/mol. The van der Waals surface area contributed by atoms with Crippen molar-refractivity contribution >= 4 is 43.6 Å². The smallest absolute Gasteiger partial charge is 0.145 e. The topological polar surface area (TPSA) is 35.6 Å². The Hall–Kier alpha value is -7.56. The van der Waals surface area contributed by atoms with Crippen molar-refractivity contribution in [2.24, 2.45) is 0 Å². The molecule has 4 nitrogen and oxygen atoms in total. The summed E-state index contributed by atoms with van der Waals surface area (Å²) in [5, 5.41) is 4.67. The Morgan fingerprint density at radius 1 is 0.373 bits per heavy atom. The number of fused-ring (bicyclic) bond motifs is 7. The van der Waals surface area contributed by atoms with Crippen molar-refractivity contribution in [2.75, 3.05) is 0 Å². The second-order valence-electron chi connectivity index (χ2n) is 16.2. The van der Waals surface area contributed by atoms with Gasteiger partial charge in [0.25, 0.3) is 0 Å². The van der Waals surface area contributed by atoms with Crippen molar-refractivity contribution in [3.8, 4) is 56.4 Å². The van der Waals surface area contributed by atoms with Gasteiger partial charge in [0.2, 0.25) is 0 Å². The summed E-state index contributed by atoms with van der Waals surface area (Å²) in [6, 6.07) is 70.1. The highest BCUT2D eigenvalue weighted by atomic mass is 15.1. The summed E-state index contributed by atoms with van der Waals surface area (Å²) in [6.07, 6.45) is 0. The first-order valence-corrected chi connectivity index (χ1v) is 20.3. The van der Waals surface area contributed by atoms with Crippen LogP contribution >= 0.6 is 0 Å². The fourth-order valence-electron chi connectivity index (χ4n) is 9.81. The van der Waals surface area contributed by atoms with Crippen LogP contribution in [0, 0.1) is 0 Å². The van der Waals surface area contributed by atoms with E-state index in [1.165, 1.54) is 44.2 Å². The van der Waals surface area contributed by atoms with Crippen molar-refractivity contribution in [1.29, 1.82) is 0 Å². The van der Waals surface area contributed by atoms with Crippen molar-refractivity contribution in [2.45, 2.75) is 19.3 Å². The average molecular weight is 755 g/mol. The number of hydrogen-bond acceptors (Lipinski definition) is 2. The van der Waals surface area contributed by atoms with Gasteiger partial charge in [0, 0.05) is 27.3 Å². The molecule has 9 aromatic carbocycles. The molecule has 11 aromatic rings. The third-order valence-electron chi connectivity index (χ3n) is 12.5. The van der Waals surface area contributed by atoms with E-state index < -0.39 is 0 Å². The quantitative estimate of drug-likeness (QED) is 0.164. The average Bonchev–Trinajstić information content (AvgIpc) is 3.94. The molecule has 0 saturated carbocycles. The van der Waals surface area contributed by atoms with Crippen LogP contribution in [0.15, 0.2) is 194 Å². The molecule has 1 aliphatic rings. The molecule has 2 heterocycles. The molecule has 0 fully saturated rings. The Balaban J connectivity index is 1.23. The van der Waals surface area contributed by atoms with Crippen LogP contribution in [0.4, 0.5) is 0 Å². The van der Waals surface area contributed by atoms with Crippen LogP contribution in [0.5, 0.6) is 0 Å². The molecule has 0 unspecified atom stereocenters. The Morgan fingerprint density at radius 3 is 1.44 bits per heavy atom. The zero-order valence-electron chi connectivity index (χ0n) is 32.8. The fraction of sp³-hybridized carbons (Fsp3) is 0.0545. The Bertz CT molecular complexity index is 3290. The van der Waals surface area contributed by atoms with Crippen molar-refractivity contribution in [1.82, 2.24) is 19.1 Å². The lowest BCUT2D eigenvalue weighted by Gasteiger charge is -2.22. The maximum absolute atomic E-state index is 5.27. The van der Waals surface area contributed by atoms with Crippen LogP contribution in [0.1, 0.15) is 25.0 Å². The van der Waals surface area contributed by atoms with Gasteiger partial charge in [0.05, 0.1) is 33.4 Å². The first-order chi connectivity index (χ1) is 29.0. The van der Waals surface area contributed by atoms with E-state index in [-0.39, 0.29) is 5.41 Å². The van der Waals surface area contributed by atoms with Gasteiger partial charge in [-0.15, -0.1) is 0 Å². The lowest BCUT2D eigenvalue weighted by Crippen LogP contribution is -2.14. The summed E-state index contributed by atoms with van der Waals surface area (Å²) >= 11 is 0. The van der Waals surface area contributed by atoms with E-state index in [0.717, 1.165) is 67.0 Å². The van der Waals surface area contributed by atoms with E-state index in [4.69, 9.17) is 9.97 Å². The van der Waals surface area contributed by atoms with E-state index in [1.54, 1.807) is 0 Å². The highest BCUT2D eigenvalue weighted by Gasteiger charge is 2.35. The molecular weight excluding hydrogens is 717 g/mol. The molecule has 12 rings (SSSR count). The predicted molar refractivity (Wildman–Crippen MR) is 245 cm³/mol. The summed E-state index contributed by atoms with van der Waals surface area (Å²) in [5.74, 6) is 1.83. The molecular formula is C55H38N4. The summed E-state index contributed by atoms with van der Waals surface area (Å²) < 4.78 is 4.71. The maximum Gasteiger partial charge on any atom is 0.145 e. The van der Waals surface area contributed by atoms with Gasteiger partial charge in [-0.25, -0.2) is 9.97 Å². The molecule has 0 bridgehead atoms. The lowest BCUT2D eigenvalue weighted by molar-refractivity contribution is 0.660. The number of benzene rings is 9. The van der Waals surface area contributed by atoms with Gasteiger partial charge in [-0.2, -0.15) is 0 Å². The van der Waals surface area contributed by atoms with Crippen LogP contribution in [0.25, 0.3) is 100 Å². The Labute approximate surface area is 342 Å². The number of nitrogens with zero attached hydrogens (tertiary/aromatic N) is 4. The Kier molecular flexibility index (Phi) is 7.24. The van der Waals surface area contributed by atoms with E-state index in [1.807, 2.05) is 0 Å². The van der Waals surface area contributed by atoms with Gasteiger partial charge >= 0.3 is 0 Å². The van der Waals surface area contributed by atoms with Crippen LogP contribution in [0.2, 0.25) is 0 Å². The molecule has 4 heteroatoms. The van der Waals surface area contributed by atoms with Crippen LogP contribution in [-0.4, -0.2) is 19.1 Å². The SMILES string of the molecule is CC1(C)c2ccccc2-c2cc(-c3c4cccc(-n5c(-c6ccccc6)nc6ccccc65)c4cc4c(-n5c(-c6ccccc6)nc6ccccc65)cccc34)ccc21. The zero-order valence-corrected chi connectivity index (χ0v) is 32.8.